The van der Waals surface area contributed by atoms with Crippen molar-refractivity contribution in [2.75, 3.05) is 0 Å². The molecule has 4 heteroatoms. The van der Waals surface area contributed by atoms with Gasteiger partial charge in [-0.2, -0.15) is 0 Å². The Bertz CT molecular complexity index is 1260. The van der Waals surface area contributed by atoms with Crippen molar-refractivity contribution in [1.29, 1.82) is 0 Å². The van der Waals surface area contributed by atoms with Crippen LogP contribution in [0.4, 0.5) is 0 Å². The van der Waals surface area contributed by atoms with Gasteiger partial charge >= 0.3 is 0 Å². The highest BCUT2D eigenvalue weighted by Crippen LogP contribution is 2.66. The number of hydrogen-bond donors (Lipinski definition) is 0. The zero-order chi connectivity index (χ0) is 22.2. The monoisotopic (exact) mass is 438 g/mol. The first kappa shape index (κ1) is 19.8. The molecule has 0 radical (unpaired) electrons. The second kappa shape index (κ2) is 6.94. The van der Waals surface area contributed by atoms with E-state index in [-0.39, 0.29) is 5.41 Å². The molecule has 4 aliphatic rings. The molecule has 4 unspecified atom stereocenters. The van der Waals surface area contributed by atoms with E-state index in [4.69, 9.17) is 4.98 Å². The Balaban J connectivity index is 1.20. The van der Waals surface area contributed by atoms with Crippen LogP contribution in [0.15, 0.2) is 67.0 Å². The molecule has 0 saturated heterocycles. The Morgan fingerprint density at radius 1 is 0.939 bits per heavy atom. The molecule has 7 rings (SSSR count). The molecule has 3 aromatic rings. The molecule has 2 fully saturated rings. The predicted octanol–water partition coefficient (Wildman–Crippen LogP) is 6.89. The molecule has 4 aliphatic carbocycles. The zero-order valence-electron chi connectivity index (χ0n) is 19.8. The average Bonchev–Trinajstić information content (AvgIpc) is 3.57. The second-order valence-electron chi connectivity index (χ2n) is 11.6. The van der Waals surface area contributed by atoms with Crippen LogP contribution in [-0.4, -0.2) is 19.1 Å². The quantitative estimate of drug-likeness (QED) is 0.409. The van der Waals surface area contributed by atoms with E-state index in [1.54, 1.807) is 5.57 Å². The van der Waals surface area contributed by atoms with E-state index in [0.717, 1.165) is 23.3 Å². The van der Waals surface area contributed by atoms with Crippen molar-refractivity contribution in [2.45, 2.75) is 64.8 Å². The molecule has 0 spiro atoms. The van der Waals surface area contributed by atoms with E-state index < -0.39 is 0 Å². The highest BCUT2D eigenvalue weighted by Gasteiger charge is 2.57. The van der Waals surface area contributed by atoms with Gasteiger partial charge in [-0.15, -0.1) is 0 Å². The van der Waals surface area contributed by atoms with Crippen LogP contribution in [0.5, 0.6) is 0 Å². The van der Waals surface area contributed by atoms with E-state index in [2.05, 4.69) is 76.9 Å². The Morgan fingerprint density at radius 3 is 2.70 bits per heavy atom. The van der Waals surface area contributed by atoms with Gasteiger partial charge in [0.25, 0.3) is 0 Å². The number of para-hydroxylation sites is 2. The van der Waals surface area contributed by atoms with Crippen molar-refractivity contribution in [3.05, 3.63) is 67.0 Å². The number of nitrogens with zero attached hydrogens (tertiary/aromatic N) is 4. The first-order valence-corrected chi connectivity index (χ1v) is 12.9. The number of hydrogen-bond acceptors (Lipinski definition) is 2. The third-order valence-electron chi connectivity index (χ3n) is 10.3. The van der Waals surface area contributed by atoms with Crippen LogP contribution < -0.4 is 0 Å². The molecule has 2 heterocycles. The molecule has 33 heavy (non-hydrogen) atoms. The Morgan fingerprint density at radius 2 is 1.82 bits per heavy atom. The molecule has 4 nitrogen and oxygen atoms in total. The zero-order valence-corrected chi connectivity index (χ0v) is 19.8. The SMILES string of the molecule is C[C@]12CCC(n3ccnc3)CC1=CCC1C2CC[C@]2(C)C(n3cnc4ccccc43)=CCC12. The summed E-state index contributed by atoms with van der Waals surface area (Å²) in [5.41, 5.74) is 6.23. The van der Waals surface area contributed by atoms with Crippen molar-refractivity contribution in [1.82, 2.24) is 19.1 Å². The number of benzene rings is 1. The molecule has 170 valence electrons. The van der Waals surface area contributed by atoms with E-state index in [1.807, 2.05) is 12.5 Å². The van der Waals surface area contributed by atoms with Gasteiger partial charge in [0.15, 0.2) is 0 Å². The molecule has 2 aromatic heterocycles. The fraction of sp³-hybridized carbons (Fsp3) is 0.517. The highest BCUT2D eigenvalue weighted by molar-refractivity contribution is 5.80. The van der Waals surface area contributed by atoms with Crippen LogP contribution in [0, 0.1) is 28.6 Å². The maximum Gasteiger partial charge on any atom is 0.100 e. The maximum atomic E-state index is 4.71. The van der Waals surface area contributed by atoms with Gasteiger partial charge in [-0.05, 0) is 80.2 Å². The van der Waals surface area contributed by atoms with Gasteiger partial charge < -0.3 is 9.13 Å². The van der Waals surface area contributed by atoms with Crippen LogP contribution in [0.1, 0.15) is 64.8 Å². The third-order valence-corrected chi connectivity index (χ3v) is 10.3. The fourth-order valence-electron chi connectivity index (χ4n) is 8.45. The summed E-state index contributed by atoms with van der Waals surface area (Å²) < 4.78 is 4.74. The van der Waals surface area contributed by atoms with Crippen molar-refractivity contribution < 1.29 is 0 Å². The number of aromatic nitrogens is 4. The minimum atomic E-state index is 0.250. The van der Waals surface area contributed by atoms with E-state index >= 15 is 0 Å². The lowest BCUT2D eigenvalue weighted by molar-refractivity contribution is -0.0151. The Labute approximate surface area is 196 Å². The normalized spacial score (nSPS) is 37.8. The molecule has 2 saturated carbocycles. The molecule has 6 atom stereocenters. The molecule has 1 aromatic carbocycles. The fourth-order valence-corrected chi connectivity index (χ4v) is 8.45. The van der Waals surface area contributed by atoms with Crippen molar-refractivity contribution in [3.63, 3.8) is 0 Å². The summed E-state index contributed by atoms with van der Waals surface area (Å²) in [6.45, 7) is 5.16. The molecule has 0 amide bonds. The molecule has 0 bridgehead atoms. The summed E-state index contributed by atoms with van der Waals surface area (Å²) >= 11 is 0. The second-order valence-corrected chi connectivity index (χ2v) is 11.6. The molecular weight excluding hydrogens is 404 g/mol. The first-order chi connectivity index (χ1) is 16.1. The van der Waals surface area contributed by atoms with Crippen LogP contribution >= 0.6 is 0 Å². The van der Waals surface area contributed by atoms with Gasteiger partial charge in [0.1, 0.15) is 6.33 Å². The van der Waals surface area contributed by atoms with Crippen LogP contribution in [0.25, 0.3) is 16.7 Å². The Kier molecular flexibility index (Phi) is 4.17. The number of rotatable bonds is 2. The molecular formula is C29H34N4. The van der Waals surface area contributed by atoms with Crippen LogP contribution in [0.3, 0.4) is 0 Å². The lowest BCUT2D eigenvalue weighted by Gasteiger charge is -2.58. The summed E-state index contributed by atoms with van der Waals surface area (Å²) in [7, 11) is 0. The number of imidazole rings is 2. The van der Waals surface area contributed by atoms with Gasteiger partial charge in [0.2, 0.25) is 0 Å². The highest BCUT2D eigenvalue weighted by atomic mass is 15.1. The van der Waals surface area contributed by atoms with Gasteiger partial charge in [0, 0.05) is 29.5 Å². The summed E-state index contributed by atoms with van der Waals surface area (Å²) in [6, 6.07) is 9.17. The van der Waals surface area contributed by atoms with Gasteiger partial charge in [-0.25, -0.2) is 9.97 Å². The summed E-state index contributed by atoms with van der Waals surface area (Å²) in [4.78, 5) is 9.02. The predicted molar refractivity (Wildman–Crippen MR) is 132 cm³/mol. The number of allylic oxidation sites excluding steroid dienone is 4. The van der Waals surface area contributed by atoms with Crippen molar-refractivity contribution in [2.24, 2.45) is 28.6 Å². The standard InChI is InChI=1S/C29H34N4/c1-28-13-11-21(32-16-15-30-18-32)17-20(28)7-8-22-23-9-10-27(29(23,2)14-12-24(22)28)33-19-31-25-5-3-4-6-26(25)33/h3-7,10,15-16,18-19,21-24H,8-9,11-14,17H2,1-2H3/t21?,22?,23?,24?,28-,29-/m0/s1. The lowest BCUT2D eigenvalue weighted by atomic mass is 9.47. The van der Waals surface area contributed by atoms with Crippen molar-refractivity contribution in [3.8, 4) is 0 Å². The van der Waals surface area contributed by atoms with Crippen LogP contribution in [0.2, 0.25) is 0 Å². The average molecular weight is 439 g/mol. The number of fused-ring (bicyclic) bond motifs is 6. The smallest absolute Gasteiger partial charge is 0.100 e. The van der Waals surface area contributed by atoms with Gasteiger partial charge in [0.05, 0.1) is 17.4 Å². The minimum Gasteiger partial charge on any atom is -0.334 e. The van der Waals surface area contributed by atoms with Crippen LogP contribution in [-0.2, 0) is 0 Å². The maximum absolute atomic E-state index is 4.71. The molecule has 0 aliphatic heterocycles. The summed E-state index contributed by atoms with van der Waals surface area (Å²) in [6.07, 6.45) is 22.3. The topological polar surface area (TPSA) is 35.6 Å². The largest absolute Gasteiger partial charge is 0.334 e. The third kappa shape index (κ3) is 2.70. The van der Waals surface area contributed by atoms with E-state index in [0.29, 0.717) is 11.5 Å². The minimum absolute atomic E-state index is 0.250. The van der Waals surface area contributed by atoms with E-state index in [1.165, 1.54) is 56.2 Å². The van der Waals surface area contributed by atoms with Crippen molar-refractivity contribution >= 4 is 16.7 Å². The summed E-state index contributed by atoms with van der Waals surface area (Å²) in [5.74, 6) is 2.37. The Hall–Kier alpha value is -2.62. The van der Waals surface area contributed by atoms with Gasteiger partial charge in [-0.1, -0.05) is 43.7 Å². The summed E-state index contributed by atoms with van der Waals surface area (Å²) in [5, 5.41) is 0. The lowest BCUT2D eigenvalue weighted by Crippen LogP contribution is -2.49. The first-order valence-electron chi connectivity index (χ1n) is 12.9. The van der Waals surface area contributed by atoms with E-state index in [9.17, 15) is 0 Å². The molecule has 0 N–H and O–H groups in total. The van der Waals surface area contributed by atoms with Gasteiger partial charge in [-0.3, -0.25) is 0 Å².